The Kier molecular flexibility index (Phi) is 10.1. The molecule has 1 fully saturated rings. The van der Waals surface area contributed by atoms with Crippen molar-refractivity contribution in [2.45, 2.75) is 22.9 Å². The van der Waals surface area contributed by atoms with Crippen LogP contribution in [0.2, 0.25) is 10.0 Å². The molecule has 0 spiro atoms. The molecule has 9 nitrogen and oxygen atoms in total. The van der Waals surface area contributed by atoms with Gasteiger partial charge in [0.2, 0.25) is 11.8 Å². The largest absolute Gasteiger partial charge is 0.497 e. The van der Waals surface area contributed by atoms with E-state index in [9.17, 15) is 37.6 Å². The number of imide groups is 1. The number of aromatic nitrogens is 1. The van der Waals surface area contributed by atoms with Crippen molar-refractivity contribution < 1.29 is 41.8 Å². The molecule has 244 valence electrons. The van der Waals surface area contributed by atoms with Crippen molar-refractivity contribution in [3.63, 3.8) is 0 Å². The minimum Gasteiger partial charge on any atom is -0.497 e. The minimum atomic E-state index is -4.91. The van der Waals surface area contributed by atoms with Gasteiger partial charge in [-0.1, -0.05) is 35.0 Å². The van der Waals surface area contributed by atoms with E-state index in [1.807, 2.05) is 0 Å². The van der Waals surface area contributed by atoms with Gasteiger partial charge in [0.1, 0.15) is 16.8 Å². The molecule has 2 amide bonds. The molecule has 1 aromatic heterocycles. The van der Waals surface area contributed by atoms with Gasteiger partial charge < -0.3 is 9.47 Å². The number of carbonyl (C=O) groups is 4. The van der Waals surface area contributed by atoms with E-state index < -0.39 is 52.7 Å². The maximum Gasteiger partial charge on any atom is 0.417 e. The van der Waals surface area contributed by atoms with Crippen LogP contribution in [-0.2, 0) is 20.5 Å². The summed E-state index contributed by atoms with van der Waals surface area (Å²) in [5, 5.41) is 8.54. The molecule has 0 saturated carbocycles. The molecular formula is C33H20Cl2F3N3O6S. The standard InChI is InChI=1S/C33H20Cl2F3N3O6S/c1-46-21-9-4-17(5-10-21)26-13-23(33(36,37)38)22(15-39)30(40-26)48-28-14-29(43)41(31(28)44)20-7-2-18(3-8-20)32(45)47-16-27(42)19-6-11-24(34)25(35)12-19/h2-13,28H,14,16H2,1H3. The number of hydrogen-bond acceptors (Lipinski definition) is 9. The lowest BCUT2D eigenvalue weighted by atomic mass is 10.1. The Morgan fingerprint density at radius 2 is 1.67 bits per heavy atom. The van der Waals surface area contributed by atoms with Gasteiger partial charge in [-0.3, -0.25) is 14.4 Å². The molecule has 15 heteroatoms. The third-order valence-electron chi connectivity index (χ3n) is 7.09. The molecule has 0 aliphatic carbocycles. The number of amides is 2. The Balaban J connectivity index is 1.33. The summed E-state index contributed by atoms with van der Waals surface area (Å²) < 4.78 is 52.3. The van der Waals surface area contributed by atoms with Gasteiger partial charge in [-0.25, -0.2) is 14.7 Å². The number of nitrogens with zero attached hydrogens (tertiary/aromatic N) is 3. The van der Waals surface area contributed by atoms with Crippen molar-refractivity contribution in [3.8, 4) is 23.1 Å². The number of nitriles is 1. The lowest BCUT2D eigenvalue weighted by Gasteiger charge is -2.17. The number of rotatable bonds is 9. The van der Waals surface area contributed by atoms with Gasteiger partial charge in [0.05, 0.1) is 50.5 Å². The van der Waals surface area contributed by atoms with Gasteiger partial charge in [0.15, 0.2) is 12.4 Å². The van der Waals surface area contributed by atoms with Gasteiger partial charge in [-0.15, -0.1) is 0 Å². The zero-order valence-corrected chi connectivity index (χ0v) is 26.8. The number of benzene rings is 3. The van der Waals surface area contributed by atoms with Gasteiger partial charge in [-0.05, 0) is 72.8 Å². The minimum absolute atomic E-state index is 0.0172. The Morgan fingerprint density at radius 3 is 2.27 bits per heavy atom. The van der Waals surface area contributed by atoms with Crippen LogP contribution in [0.3, 0.4) is 0 Å². The summed E-state index contributed by atoms with van der Waals surface area (Å²) >= 11 is 12.4. The lowest BCUT2D eigenvalue weighted by Crippen LogP contribution is -2.31. The highest BCUT2D eigenvalue weighted by atomic mass is 35.5. The van der Waals surface area contributed by atoms with E-state index in [0.29, 0.717) is 23.1 Å². The zero-order valence-electron chi connectivity index (χ0n) is 24.5. The fourth-order valence-corrected chi connectivity index (χ4v) is 6.09. The van der Waals surface area contributed by atoms with Crippen molar-refractivity contribution in [1.29, 1.82) is 5.26 Å². The Bertz CT molecular complexity index is 1980. The molecule has 2 heterocycles. The van der Waals surface area contributed by atoms with Crippen LogP contribution in [0, 0.1) is 11.3 Å². The molecule has 5 rings (SSSR count). The van der Waals surface area contributed by atoms with Crippen LogP contribution in [0.5, 0.6) is 5.75 Å². The van der Waals surface area contributed by atoms with Crippen molar-refractivity contribution >= 4 is 64.2 Å². The first kappa shape index (κ1) is 34.4. The number of thioether (sulfide) groups is 1. The molecule has 1 unspecified atom stereocenters. The first-order valence-corrected chi connectivity index (χ1v) is 15.4. The molecule has 4 aromatic rings. The molecule has 3 aromatic carbocycles. The molecule has 1 aliphatic rings. The topological polar surface area (TPSA) is 127 Å². The van der Waals surface area contributed by atoms with E-state index in [1.54, 1.807) is 6.07 Å². The van der Waals surface area contributed by atoms with E-state index in [0.717, 1.165) is 11.0 Å². The summed E-state index contributed by atoms with van der Waals surface area (Å²) in [6, 6.07) is 17.8. The quantitative estimate of drug-likeness (QED) is 0.0989. The Labute approximate surface area is 285 Å². The van der Waals surface area contributed by atoms with Crippen LogP contribution >= 0.6 is 35.0 Å². The SMILES string of the molecule is COc1ccc(-c2cc(C(F)(F)F)c(C#N)c(SC3CC(=O)N(c4ccc(C(=O)OCC(=O)c5ccc(Cl)c(Cl)c5)cc4)C3=O)n2)cc1. The summed E-state index contributed by atoms with van der Waals surface area (Å²) in [5.41, 5.74) is -1.50. The summed E-state index contributed by atoms with van der Waals surface area (Å²) in [4.78, 5) is 56.4. The molecule has 0 bridgehead atoms. The number of ketones is 1. The summed E-state index contributed by atoms with van der Waals surface area (Å²) in [6.45, 7) is -0.588. The number of ether oxygens (including phenoxy) is 2. The number of halogens is 5. The van der Waals surface area contributed by atoms with Crippen molar-refractivity contribution in [3.05, 3.63) is 105 Å². The predicted molar refractivity (Wildman–Crippen MR) is 170 cm³/mol. The number of anilines is 1. The molecule has 0 N–H and O–H groups in total. The first-order valence-electron chi connectivity index (χ1n) is 13.8. The van der Waals surface area contributed by atoms with Crippen LogP contribution < -0.4 is 9.64 Å². The van der Waals surface area contributed by atoms with Crippen molar-refractivity contribution in [1.82, 2.24) is 4.98 Å². The Hall–Kier alpha value is -4.90. The smallest absolute Gasteiger partial charge is 0.417 e. The van der Waals surface area contributed by atoms with Crippen LogP contribution in [0.25, 0.3) is 11.3 Å². The van der Waals surface area contributed by atoms with Crippen LogP contribution in [0.1, 0.15) is 38.3 Å². The number of hydrogen-bond donors (Lipinski definition) is 0. The van der Waals surface area contributed by atoms with E-state index in [2.05, 4.69) is 4.98 Å². The maximum absolute atomic E-state index is 14.1. The zero-order chi connectivity index (χ0) is 34.7. The number of carbonyl (C=O) groups excluding carboxylic acids is 4. The third kappa shape index (κ3) is 7.31. The average molecular weight is 715 g/mol. The van der Waals surface area contributed by atoms with Crippen LogP contribution in [-0.4, -0.2) is 47.5 Å². The third-order valence-corrected chi connectivity index (χ3v) is 9.00. The second-order valence-corrected chi connectivity index (χ2v) is 12.1. The predicted octanol–water partition coefficient (Wildman–Crippen LogP) is 7.42. The van der Waals surface area contributed by atoms with E-state index >= 15 is 0 Å². The van der Waals surface area contributed by atoms with Gasteiger partial charge in [-0.2, -0.15) is 18.4 Å². The molecule has 1 saturated heterocycles. The van der Waals surface area contributed by atoms with E-state index in [-0.39, 0.29) is 44.0 Å². The first-order chi connectivity index (χ1) is 22.8. The van der Waals surface area contributed by atoms with Crippen molar-refractivity contribution in [2.75, 3.05) is 18.6 Å². The molecule has 48 heavy (non-hydrogen) atoms. The van der Waals surface area contributed by atoms with Crippen molar-refractivity contribution in [2.24, 2.45) is 0 Å². The normalized spacial score (nSPS) is 14.5. The average Bonchev–Trinajstić information content (AvgIpc) is 3.35. The highest BCUT2D eigenvalue weighted by Crippen LogP contribution is 2.41. The fraction of sp³-hybridized carbons (Fsp3) is 0.152. The highest BCUT2D eigenvalue weighted by Gasteiger charge is 2.42. The van der Waals surface area contributed by atoms with Gasteiger partial charge in [0, 0.05) is 17.5 Å². The summed E-state index contributed by atoms with van der Waals surface area (Å²) in [6.07, 6.45) is -5.30. The lowest BCUT2D eigenvalue weighted by molar-refractivity contribution is -0.138. The van der Waals surface area contributed by atoms with Crippen LogP contribution in [0.15, 0.2) is 77.8 Å². The summed E-state index contributed by atoms with van der Waals surface area (Å²) in [7, 11) is 1.43. The second kappa shape index (κ2) is 14.1. The maximum atomic E-state index is 14.1. The number of alkyl halides is 3. The number of esters is 1. The Morgan fingerprint density at radius 1 is 1.00 bits per heavy atom. The second-order valence-electron chi connectivity index (χ2n) is 10.1. The molecule has 1 aliphatic heterocycles. The van der Waals surface area contributed by atoms with Gasteiger partial charge in [0.25, 0.3) is 0 Å². The number of Topliss-reactive ketones (excluding diaryl/α,β-unsaturated/α-hetero) is 1. The van der Waals surface area contributed by atoms with E-state index in [1.165, 1.54) is 73.8 Å². The highest BCUT2D eigenvalue weighted by molar-refractivity contribution is 8.00. The summed E-state index contributed by atoms with van der Waals surface area (Å²) in [5.74, 6) is -2.31. The molecule has 1 atom stereocenters. The number of methoxy groups -OCH3 is 1. The monoisotopic (exact) mass is 713 g/mol. The molecule has 0 radical (unpaired) electrons. The van der Waals surface area contributed by atoms with E-state index in [4.69, 9.17) is 32.7 Å². The van der Waals surface area contributed by atoms with Gasteiger partial charge >= 0.3 is 12.1 Å². The van der Waals surface area contributed by atoms with Crippen LogP contribution in [0.4, 0.5) is 18.9 Å². The molecular weight excluding hydrogens is 694 g/mol. The number of pyridine rings is 1. The fourth-order valence-electron chi connectivity index (χ4n) is 4.66.